The molecule has 0 aliphatic rings. The molecule has 0 aromatic carbocycles. The molecule has 6 heteroatoms. The van der Waals surface area contributed by atoms with Gasteiger partial charge in [0.1, 0.15) is 12.1 Å². The van der Waals surface area contributed by atoms with Crippen LogP contribution in [-0.4, -0.2) is 19.7 Å². The fourth-order valence-corrected chi connectivity index (χ4v) is 1.68. The topological polar surface area (TPSA) is 55.6 Å². The molecule has 0 fully saturated rings. The number of nitrogens with one attached hydrogen (secondary N) is 1. The molecule has 15 heavy (non-hydrogen) atoms. The fraction of sp³-hybridized carbons (Fsp3) is 0.222. The summed E-state index contributed by atoms with van der Waals surface area (Å²) in [6, 6.07) is 0. The van der Waals surface area contributed by atoms with Crippen molar-refractivity contribution in [3.8, 4) is 0 Å². The lowest BCUT2D eigenvalue weighted by atomic mass is 10.3. The van der Waals surface area contributed by atoms with Gasteiger partial charge >= 0.3 is 0 Å². The molecule has 0 aliphatic carbocycles. The highest BCUT2D eigenvalue weighted by Crippen LogP contribution is 2.13. The molecule has 0 atom stereocenters. The Bertz CT molecular complexity index is 453. The maximum absolute atomic E-state index is 4.14. The summed E-state index contributed by atoms with van der Waals surface area (Å²) in [4.78, 5) is 8.07. The zero-order chi connectivity index (χ0) is 10.7. The lowest BCUT2D eigenvalue weighted by Gasteiger charge is -2.04. The summed E-state index contributed by atoms with van der Waals surface area (Å²) in [5.74, 6) is 0.856. The zero-order valence-corrected chi connectivity index (χ0v) is 10.3. The van der Waals surface area contributed by atoms with Gasteiger partial charge in [0.2, 0.25) is 0 Å². The molecule has 78 valence electrons. The number of anilines is 1. The number of halogens is 1. The van der Waals surface area contributed by atoms with Crippen LogP contribution in [0.4, 0.5) is 5.82 Å². The van der Waals surface area contributed by atoms with Gasteiger partial charge in [-0.2, -0.15) is 5.10 Å². The van der Waals surface area contributed by atoms with Crippen LogP contribution in [0.15, 0.2) is 24.9 Å². The van der Waals surface area contributed by atoms with Crippen LogP contribution in [0.1, 0.15) is 5.56 Å². The Morgan fingerprint density at radius 1 is 1.47 bits per heavy atom. The Kier molecular flexibility index (Phi) is 3.14. The highest BCUT2D eigenvalue weighted by Gasteiger charge is 2.00. The zero-order valence-electron chi connectivity index (χ0n) is 8.18. The van der Waals surface area contributed by atoms with Crippen molar-refractivity contribution in [2.24, 2.45) is 7.05 Å². The molecule has 0 amide bonds. The third-order valence-electron chi connectivity index (χ3n) is 1.89. The van der Waals surface area contributed by atoms with Crippen molar-refractivity contribution in [1.29, 1.82) is 0 Å². The predicted molar refractivity (Wildman–Crippen MR) is 65.3 cm³/mol. The second kappa shape index (κ2) is 4.56. The van der Waals surface area contributed by atoms with Gasteiger partial charge in [0.15, 0.2) is 0 Å². The molecule has 0 unspecified atom stereocenters. The second-order valence-corrected chi connectivity index (χ2v) is 4.26. The molecule has 5 nitrogen and oxygen atoms in total. The summed E-state index contributed by atoms with van der Waals surface area (Å²) < 4.78 is 2.79. The molecule has 2 aromatic rings. The first-order valence-electron chi connectivity index (χ1n) is 4.42. The van der Waals surface area contributed by atoms with Crippen LogP contribution in [0.2, 0.25) is 0 Å². The molecule has 0 radical (unpaired) electrons. The molecule has 0 saturated heterocycles. The minimum Gasteiger partial charge on any atom is -0.365 e. The van der Waals surface area contributed by atoms with Gasteiger partial charge in [-0.1, -0.05) is 0 Å². The van der Waals surface area contributed by atoms with E-state index in [9.17, 15) is 0 Å². The SMILES string of the molecule is Cn1cc(CNc2ncncc2I)cn1. The van der Waals surface area contributed by atoms with Gasteiger partial charge in [0, 0.05) is 31.5 Å². The summed E-state index contributed by atoms with van der Waals surface area (Å²) in [6.45, 7) is 0.723. The first kappa shape index (κ1) is 10.3. The van der Waals surface area contributed by atoms with E-state index in [0.29, 0.717) is 0 Å². The summed E-state index contributed by atoms with van der Waals surface area (Å²) in [6.07, 6.45) is 7.12. The quantitative estimate of drug-likeness (QED) is 0.871. The Morgan fingerprint density at radius 2 is 2.33 bits per heavy atom. The third-order valence-corrected chi connectivity index (χ3v) is 2.68. The number of hydrogen-bond donors (Lipinski definition) is 1. The molecule has 1 N–H and O–H groups in total. The maximum atomic E-state index is 4.14. The van der Waals surface area contributed by atoms with Crippen molar-refractivity contribution in [2.75, 3.05) is 5.32 Å². The van der Waals surface area contributed by atoms with Crippen LogP contribution >= 0.6 is 22.6 Å². The Hall–Kier alpha value is -1.18. The van der Waals surface area contributed by atoms with Crippen molar-refractivity contribution in [3.05, 3.63) is 34.1 Å². The molecular weight excluding hydrogens is 305 g/mol. The first-order chi connectivity index (χ1) is 7.25. The van der Waals surface area contributed by atoms with Crippen LogP contribution in [0.5, 0.6) is 0 Å². The van der Waals surface area contributed by atoms with E-state index in [-0.39, 0.29) is 0 Å². The molecule has 2 rings (SSSR count). The Labute approximate surface area is 101 Å². The number of nitrogens with zero attached hydrogens (tertiary/aromatic N) is 4. The molecule has 0 spiro atoms. The normalized spacial score (nSPS) is 10.3. The van der Waals surface area contributed by atoms with E-state index in [0.717, 1.165) is 21.5 Å². The molecule has 2 heterocycles. The van der Waals surface area contributed by atoms with Gasteiger partial charge in [-0.3, -0.25) is 4.68 Å². The van der Waals surface area contributed by atoms with E-state index in [1.807, 2.05) is 19.4 Å². The van der Waals surface area contributed by atoms with E-state index < -0.39 is 0 Å². The van der Waals surface area contributed by atoms with Crippen molar-refractivity contribution >= 4 is 28.4 Å². The minimum absolute atomic E-state index is 0.723. The van der Waals surface area contributed by atoms with Crippen LogP contribution in [0.25, 0.3) is 0 Å². The van der Waals surface area contributed by atoms with Crippen LogP contribution in [0, 0.1) is 3.57 Å². The molecular formula is C9H10IN5. The average Bonchev–Trinajstić information content (AvgIpc) is 2.63. The molecule has 0 bridgehead atoms. The van der Waals surface area contributed by atoms with E-state index in [1.54, 1.807) is 10.9 Å². The van der Waals surface area contributed by atoms with Gasteiger partial charge in [-0.25, -0.2) is 9.97 Å². The number of rotatable bonds is 3. The summed E-state index contributed by atoms with van der Waals surface area (Å²) in [7, 11) is 1.90. The summed E-state index contributed by atoms with van der Waals surface area (Å²) in [5.41, 5.74) is 1.13. The highest BCUT2D eigenvalue weighted by atomic mass is 127. The fourth-order valence-electron chi connectivity index (χ4n) is 1.19. The summed E-state index contributed by atoms with van der Waals surface area (Å²) >= 11 is 2.20. The van der Waals surface area contributed by atoms with Gasteiger partial charge in [0.25, 0.3) is 0 Å². The maximum Gasteiger partial charge on any atom is 0.143 e. The van der Waals surface area contributed by atoms with Crippen molar-refractivity contribution < 1.29 is 0 Å². The van der Waals surface area contributed by atoms with Gasteiger partial charge in [0.05, 0.1) is 9.77 Å². The molecule has 0 saturated carbocycles. The molecule has 2 aromatic heterocycles. The smallest absolute Gasteiger partial charge is 0.143 e. The lowest BCUT2D eigenvalue weighted by molar-refractivity contribution is 0.767. The number of hydrogen-bond acceptors (Lipinski definition) is 4. The average molecular weight is 315 g/mol. The Morgan fingerprint density at radius 3 is 3.00 bits per heavy atom. The van der Waals surface area contributed by atoms with Crippen molar-refractivity contribution in [1.82, 2.24) is 19.7 Å². The van der Waals surface area contributed by atoms with E-state index in [2.05, 4.69) is 43.0 Å². The largest absolute Gasteiger partial charge is 0.365 e. The van der Waals surface area contributed by atoms with Crippen LogP contribution < -0.4 is 5.32 Å². The van der Waals surface area contributed by atoms with Gasteiger partial charge < -0.3 is 5.32 Å². The predicted octanol–water partition coefficient (Wildman–Crippen LogP) is 1.43. The summed E-state index contributed by atoms with van der Waals surface area (Å²) in [5, 5.41) is 7.32. The van der Waals surface area contributed by atoms with Gasteiger partial charge in [-0.05, 0) is 22.6 Å². The first-order valence-corrected chi connectivity index (χ1v) is 5.50. The monoisotopic (exact) mass is 315 g/mol. The van der Waals surface area contributed by atoms with Crippen LogP contribution in [-0.2, 0) is 13.6 Å². The standard InChI is InChI=1S/C9H10IN5/c1-15-5-7(3-14-15)2-12-9-8(10)4-11-6-13-9/h3-6H,2H2,1H3,(H,11,12,13). The van der Waals surface area contributed by atoms with E-state index >= 15 is 0 Å². The van der Waals surface area contributed by atoms with Crippen LogP contribution in [0.3, 0.4) is 0 Å². The van der Waals surface area contributed by atoms with E-state index in [1.165, 1.54) is 6.33 Å². The van der Waals surface area contributed by atoms with Crippen molar-refractivity contribution in [2.45, 2.75) is 6.54 Å². The molecule has 0 aliphatic heterocycles. The van der Waals surface area contributed by atoms with E-state index in [4.69, 9.17) is 0 Å². The van der Waals surface area contributed by atoms with Crippen molar-refractivity contribution in [3.63, 3.8) is 0 Å². The van der Waals surface area contributed by atoms with Gasteiger partial charge in [-0.15, -0.1) is 0 Å². The highest BCUT2D eigenvalue weighted by molar-refractivity contribution is 14.1. The lowest BCUT2D eigenvalue weighted by Crippen LogP contribution is -2.02. The Balaban J connectivity index is 2.02. The number of aryl methyl sites for hydroxylation is 1. The third kappa shape index (κ3) is 2.65. The second-order valence-electron chi connectivity index (χ2n) is 3.10. The number of aromatic nitrogens is 4. The minimum atomic E-state index is 0.723.